The first-order valence-electron chi connectivity index (χ1n) is 22.3. The molecule has 360 valence electrons. The van der Waals surface area contributed by atoms with Crippen LogP contribution in [0.5, 0.6) is 11.5 Å². The van der Waals surface area contributed by atoms with Crippen molar-refractivity contribution in [3.63, 3.8) is 0 Å². The molecular formula is C47H56N4O15S. The molecule has 67 heavy (non-hydrogen) atoms. The topological polar surface area (TPSA) is 280 Å². The normalized spacial score (nSPS) is 17.8. The van der Waals surface area contributed by atoms with Crippen LogP contribution in [0.3, 0.4) is 0 Å². The van der Waals surface area contributed by atoms with Crippen molar-refractivity contribution in [1.82, 2.24) is 20.4 Å². The van der Waals surface area contributed by atoms with Crippen molar-refractivity contribution < 1.29 is 71.0 Å². The molecule has 0 aliphatic carbocycles. The summed E-state index contributed by atoms with van der Waals surface area (Å²) in [6.07, 6.45) is 9.51. The fourth-order valence-corrected chi connectivity index (χ4v) is 8.56. The molecule has 0 saturated carbocycles. The van der Waals surface area contributed by atoms with Gasteiger partial charge in [-0.15, -0.1) is 0 Å². The zero-order chi connectivity index (χ0) is 48.7. The second-order valence-corrected chi connectivity index (χ2v) is 17.9. The Bertz CT molecular complexity index is 2440. The van der Waals surface area contributed by atoms with Crippen LogP contribution in [0.2, 0.25) is 0 Å². The summed E-state index contributed by atoms with van der Waals surface area (Å²) in [7, 11) is -3.61. The van der Waals surface area contributed by atoms with E-state index >= 15 is 0 Å². The number of unbranched alkanes of at least 4 members (excludes halogenated alkanes) is 8. The number of hydrogen-bond acceptors (Lipinski definition) is 15. The molecule has 20 heteroatoms. The number of rotatable bonds is 19. The number of aromatic hydroxyl groups is 1. The average molecular weight is 949 g/mol. The van der Waals surface area contributed by atoms with Crippen LogP contribution in [0.25, 0.3) is 0 Å². The lowest BCUT2D eigenvalue weighted by molar-refractivity contribution is -0.137. The number of carbonyl (C=O) groups excluding carboxylic acids is 8. The molecule has 4 heterocycles. The van der Waals surface area contributed by atoms with Gasteiger partial charge in [0.25, 0.3) is 33.7 Å². The molecule has 7 rings (SSSR count). The van der Waals surface area contributed by atoms with Crippen molar-refractivity contribution >= 4 is 57.4 Å². The molecule has 2 fully saturated rings. The number of piperidine rings is 2. The Hall–Kier alpha value is -6.35. The zero-order valence-electron chi connectivity index (χ0n) is 37.2. The number of benzene rings is 3. The Labute approximate surface area is 387 Å². The first kappa shape index (κ1) is 51.6. The molecule has 0 radical (unpaired) electrons. The fraction of sp³-hybridized carbons (Fsp3) is 0.447. The quantitative estimate of drug-likeness (QED) is 0.0649. The highest BCUT2D eigenvalue weighted by molar-refractivity contribution is 7.86. The monoisotopic (exact) mass is 948 g/mol. The molecule has 2 unspecified atom stereocenters. The van der Waals surface area contributed by atoms with Crippen molar-refractivity contribution in [3.8, 4) is 11.5 Å². The van der Waals surface area contributed by atoms with Gasteiger partial charge in [0.1, 0.15) is 23.6 Å². The summed E-state index contributed by atoms with van der Waals surface area (Å²) in [5, 5.41) is 31.0. The number of phenols is 1. The molecule has 2 atom stereocenters. The van der Waals surface area contributed by atoms with Gasteiger partial charge in [0, 0.05) is 26.1 Å². The number of nitrogens with zero attached hydrogens (tertiary/aromatic N) is 2. The standard InChI is InChI=1S/C20H24N2O6.C14H22O4S.C13H10N2O5/c23-10-4-2-1-3-5-11-28-13-6-7-14-15(12-13)20(27)22(19(14)26)16-8-9-17(24)21-18(16)25;1-13-7-9-14(10-8-13)19(16,17)18-12-6-4-2-3-5-11-15;16-6-1-2-7-8(5-6)13(20)15(12(7)19)9-3-4-10(17)14-11(9)18/h6-7,12,16,23H,1-5,8-11H2,(H,21,24,25);7-10,15H,2-6,11-12H2,1H3;1-2,5,9,16H,3-4H2,(H,14,17,18). The summed E-state index contributed by atoms with van der Waals surface area (Å²) in [5.74, 6) is -3.99. The third-order valence-electron chi connectivity index (χ3n) is 11.3. The third kappa shape index (κ3) is 13.6. The number of carbonyl (C=O) groups is 8. The third-order valence-corrected chi connectivity index (χ3v) is 12.6. The maximum atomic E-state index is 12.7. The van der Waals surface area contributed by atoms with Gasteiger partial charge in [-0.3, -0.25) is 63.0 Å². The SMILES string of the molecule is Cc1ccc(S(=O)(=O)OCCCCCCCO)cc1.O=C1CCC(N2C(=O)c3ccc(O)cc3C2=O)C(=O)N1.O=C1CCC(N2C(=O)c3ccc(OCCCCCCCO)cc3C2=O)C(=O)N1. The van der Waals surface area contributed by atoms with Crippen LogP contribution >= 0.6 is 0 Å². The van der Waals surface area contributed by atoms with Gasteiger partial charge < -0.3 is 20.1 Å². The minimum atomic E-state index is -3.61. The number of nitrogens with one attached hydrogen (secondary N) is 2. The van der Waals surface area contributed by atoms with E-state index < -0.39 is 69.5 Å². The number of fused-ring (bicyclic) bond motifs is 2. The summed E-state index contributed by atoms with van der Waals surface area (Å²) in [6.45, 7) is 3.06. The van der Waals surface area contributed by atoms with Crippen molar-refractivity contribution in [2.45, 2.75) is 114 Å². The summed E-state index contributed by atoms with van der Waals surface area (Å²) < 4.78 is 34.3. The Morgan fingerprint density at radius 3 is 1.52 bits per heavy atom. The number of ether oxygens (including phenoxy) is 1. The fourth-order valence-electron chi connectivity index (χ4n) is 7.62. The van der Waals surface area contributed by atoms with Crippen LogP contribution in [0.4, 0.5) is 0 Å². The number of aliphatic hydroxyl groups excluding tert-OH is 2. The average Bonchev–Trinajstić information content (AvgIpc) is 3.68. The Morgan fingerprint density at radius 2 is 1.01 bits per heavy atom. The molecule has 3 aromatic rings. The van der Waals surface area contributed by atoms with Crippen LogP contribution in [0, 0.1) is 6.92 Å². The first-order valence-corrected chi connectivity index (χ1v) is 23.7. The van der Waals surface area contributed by atoms with Gasteiger partial charge >= 0.3 is 0 Å². The van der Waals surface area contributed by atoms with Crippen LogP contribution in [-0.4, -0.2) is 119 Å². The molecule has 0 bridgehead atoms. The Morgan fingerprint density at radius 1 is 0.567 bits per heavy atom. The van der Waals surface area contributed by atoms with E-state index in [0.717, 1.165) is 79.6 Å². The van der Waals surface area contributed by atoms with Gasteiger partial charge in [-0.1, -0.05) is 56.2 Å². The minimum absolute atomic E-state index is 0.0692. The van der Waals surface area contributed by atoms with Crippen molar-refractivity contribution in [3.05, 3.63) is 88.5 Å². The van der Waals surface area contributed by atoms with Gasteiger partial charge in [0.05, 0.1) is 40.4 Å². The number of aryl methyl sites for hydroxylation is 1. The maximum Gasteiger partial charge on any atom is 0.296 e. The highest BCUT2D eigenvalue weighted by Crippen LogP contribution is 2.31. The van der Waals surface area contributed by atoms with E-state index in [2.05, 4.69) is 10.6 Å². The molecule has 19 nitrogen and oxygen atoms in total. The molecule has 8 amide bonds. The second-order valence-electron chi connectivity index (χ2n) is 16.3. The van der Waals surface area contributed by atoms with Crippen molar-refractivity contribution in [2.75, 3.05) is 26.4 Å². The van der Waals surface area contributed by atoms with Crippen LogP contribution in [0.15, 0.2) is 65.6 Å². The van der Waals surface area contributed by atoms with Crippen LogP contribution in [-0.2, 0) is 33.5 Å². The summed E-state index contributed by atoms with van der Waals surface area (Å²) >= 11 is 0. The number of aliphatic hydroxyl groups is 2. The summed E-state index contributed by atoms with van der Waals surface area (Å²) in [6, 6.07) is 13.2. The molecule has 4 aliphatic rings. The smallest absolute Gasteiger partial charge is 0.296 e. The molecule has 3 aromatic carbocycles. The Balaban J connectivity index is 0.000000193. The molecular weight excluding hydrogens is 893 g/mol. The number of imide groups is 4. The highest BCUT2D eigenvalue weighted by Gasteiger charge is 2.46. The molecule has 0 spiro atoms. The van der Waals surface area contributed by atoms with E-state index in [-0.39, 0.29) is 78.4 Å². The molecule has 2 saturated heterocycles. The molecule has 5 N–H and O–H groups in total. The lowest BCUT2D eigenvalue weighted by atomic mass is 10.0. The van der Waals surface area contributed by atoms with E-state index in [1.807, 2.05) is 6.92 Å². The van der Waals surface area contributed by atoms with Crippen molar-refractivity contribution in [2.24, 2.45) is 0 Å². The lowest BCUT2D eigenvalue weighted by Gasteiger charge is -2.27. The highest BCUT2D eigenvalue weighted by atomic mass is 32.2. The van der Waals surface area contributed by atoms with Gasteiger partial charge in [0.15, 0.2) is 0 Å². The number of hydrogen-bond donors (Lipinski definition) is 5. The van der Waals surface area contributed by atoms with E-state index in [1.54, 1.807) is 30.3 Å². The Kier molecular flexibility index (Phi) is 18.8. The molecule has 0 aromatic heterocycles. The largest absolute Gasteiger partial charge is 0.508 e. The van der Waals surface area contributed by atoms with Crippen molar-refractivity contribution in [1.29, 1.82) is 0 Å². The minimum Gasteiger partial charge on any atom is -0.508 e. The van der Waals surface area contributed by atoms with Gasteiger partial charge in [-0.25, -0.2) is 0 Å². The second kappa shape index (κ2) is 24.4. The van der Waals surface area contributed by atoms with Crippen LogP contribution < -0.4 is 15.4 Å². The zero-order valence-corrected chi connectivity index (χ0v) is 38.0. The van der Waals surface area contributed by atoms with Gasteiger partial charge in [-0.05, 0) is 94.0 Å². The first-order chi connectivity index (χ1) is 32.1. The summed E-state index contributed by atoms with van der Waals surface area (Å²) in [4.78, 5) is 98.0. The van der Waals surface area contributed by atoms with Gasteiger partial charge in [-0.2, -0.15) is 8.42 Å². The van der Waals surface area contributed by atoms with Crippen LogP contribution in [0.1, 0.15) is 137 Å². The van der Waals surface area contributed by atoms with E-state index in [1.165, 1.54) is 30.3 Å². The van der Waals surface area contributed by atoms with E-state index in [4.69, 9.17) is 19.1 Å². The maximum absolute atomic E-state index is 12.7. The lowest BCUT2D eigenvalue weighted by Crippen LogP contribution is -2.54. The predicted molar refractivity (Wildman–Crippen MR) is 238 cm³/mol. The number of amides is 8. The van der Waals surface area contributed by atoms with Gasteiger partial charge in [0.2, 0.25) is 23.6 Å². The number of phenolic OH excluding ortho intramolecular Hbond substituents is 1. The van der Waals surface area contributed by atoms with E-state index in [0.29, 0.717) is 12.4 Å². The van der Waals surface area contributed by atoms with E-state index in [9.17, 15) is 51.9 Å². The molecule has 4 aliphatic heterocycles. The predicted octanol–water partition coefficient (Wildman–Crippen LogP) is 3.85. The summed E-state index contributed by atoms with van der Waals surface area (Å²) in [5.41, 5.74) is 1.70.